The SMILES string of the molecule is CN1C(=O)CN(c2cccc(C3(C(=O)O)CCCC3)c2)CC1=O. The third-order valence-corrected chi connectivity index (χ3v) is 5.03. The minimum absolute atomic E-state index is 0.131. The smallest absolute Gasteiger partial charge is 0.314 e. The average Bonchev–Trinajstić information content (AvgIpc) is 3.03. The number of carboxylic acid groups (broad SMARTS) is 1. The summed E-state index contributed by atoms with van der Waals surface area (Å²) in [5, 5.41) is 9.71. The van der Waals surface area contributed by atoms with Crippen molar-refractivity contribution < 1.29 is 19.5 Å². The van der Waals surface area contributed by atoms with Crippen LogP contribution < -0.4 is 4.90 Å². The first kappa shape index (κ1) is 15.5. The largest absolute Gasteiger partial charge is 0.481 e. The van der Waals surface area contributed by atoms with Crippen molar-refractivity contribution in [1.82, 2.24) is 4.90 Å². The van der Waals surface area contributed by atoms with Gasteiger partial charge in [-0.1, -0.05) is 25.0 Å². The predicted molar refractivity (Wildman–Crippen MR) is 84.2 cm³/mol. The lowest BCUT2D eigenvalue weighted by Crippen LogP contribution is -2.52. The Hall–Kier alpha value is -2.37. The number of carbonyl (C=O) groups is 3. The molecule has 0 radical (unpaired) electrons. The van der Waals surface area contributed by atoms with Crippen LogP contribution in [-0.4, -0.2) is 47.9 Å². The van der Waals surface area contributed by atoms with Crippen molar-refractivity contribution in [3.05, 3.63) is 29.8 Å². The van der Waals surface area contributed by atoms with E-state index in [1.807, 2.05) is 18.2 Å². The average molecular weight is 316 g/mol. The maximum absolute atomic E-state index is 11.9. The third kappa shape index (κ3) is 2.58. The quantitative estimate of drug-likeness (QED) is 0.853. The molecular weight excluding hydrogens is 296 g/mol. The first-order valence-corrected chi connectivity index (χ1v) is 7.82. The van der Waals surface area contributed by atoms with Crippen molar-refractivity contribution in [2.24, 2.45) is 0 Å². The molecule has 122 valence electrons. The zero-order chi connectivity index (χ0) is 16.6. The summed E-state index contributed by atoms with van der Waals surface area (Å²) in [6, 6.07) is 7.29. The summed E-state index contributed by atoms with van der Waals surface area (Å²) in [5.74, 6) is -1.29. The van der Waals surface area contributed by atoms with Gasteiger partial charge in [0.1, 0.15) is 0 Å². The van der Waals surface area contributed by atoms with Crippen molar-refractivity contribution in [3.63, 3.8) is 0 Å². The molecule has 6 heteroatoms. The number of hydrogen-bond acceptors (Lipinski definition) is 4. The number of rotatable bonds is 3. The minimum Gasteiger partial charge on any atom is -0.481 e. The molecule has 2 amide bonds. The van der Waals surface area contributed by atoms with Crippen molar-refractivity contribution >= 4 is 23.5 Å². The highest BCUT2D eigenvalue weighted by molar-refractivity contribution is 6.02. The summed E-state index contributed by atoms with van der Waals surface area (Å²) < 4.78 is 0. The third-order valence-electron chi connectivity index (χ3n) is 5.03. The van der Waals surface area contributed by atoms with E-state index in [9.17, 15) is 19.5 Å². The summed E-state index contributed by atoms with van der Waals surface area (Å²) in [6.45, 7) is 0.261. The fourth-order valence-electron chi connectivity index (χ4n) is 3.52. The van der Waals surface area contributed by atoms with Crippen LogP contribution in [-0.2, 0) is 19.8 Å². The molecular formula is C17H20N2O4. The fraction of sp³-hybridized carbons (Fsp3) is 0.471. The molecule has 1 aliphatic carbocycles. The summed E-state index contributed by atoms with van der Waals surface area (Å²) in [5.41, 5.74) is 0.653. The Bertz CT molecular complexity index is 646. The molecule has 2 aliphatic rings. The van der Waals surface area contributed by atoms with Gasteiger partial charge < -0.3 is 10.0 Å². The molecule has 0 unspecified atom stereocenters. The van der Waals surface area contributed by atoms with Crippen LogP contribution >= 0.6 is 0 Å². The maximum Gasteiger partial charge on any atom is 0.314 e. The maximum atomic E-state index is 11.9. The molecule has 0 spiro atoms. The van der Waals surface area contributed by atoms with E-state index in [0.717, 1.165) is 29.0 Å². The van der Waals surface area contributed by atoms with E-state index in [2.05, 4.69) is 0 Å². The van der Waals surface area contributed by atoms with Crippen molar-refractivity contribution in [2.45, 2.75) is 31.1 Å². The molecule has 0 atom stereocenters. The number of piperazine rings is 1. The van der Waals surface area contributed by atoms with Crippen LogP contribution in [0.1, 0.15) is 31.2 Å². The van der Waals surface area contributed by atoms with Crippen molar-refractivity contribution in [2.75, 3.05) is 25.0 Å². The van der Waals surface area contributed by atoms with Gasteiger partial charge in [0.05, 0.1) is 18.5 Å². The van der Waals surface area contributed by atoms with Crippen LogP contribution in [0.3, 0.4) is 0 Å². The lowest BCUT2D eigenvalue weighted by atomic mass is 9.79. The van der Waals surface area contributed by atoms with E-state index in [1.54, 1.807) is 11.0 Å². The predicted octanol–water partition coefficient (Wildman–Crippen LogP) is 1.39. The highest BCUT2D eigenvalue weighted by Crippen LogP contribution is 2.42. The Morgan fingerprint density at radius 1 is 1.13 bits per heavy atom. The number of aliphatic carboxylic acids is 1. The Kier molecular flexibility index (Phi) is 3.83. The Morgan fingerprint density at radius 3 is 2.30 bits per heavy atom. The van der Waals surface area contributed by atoms with Gasteiger partial charge in [-0.15, -0.1) is 0 Å². The van der Waals surface area contributed by atoms with Crippen molar-refractivity contribution in [3.8, 4) is 0 Å². The molecule has 1 aromatic carbocycles. The van der Waals surface area contributed by atoms with Gasteiger partial charge in [-0.3, -0.25) is 19.3 Å². The van der Waals surface area contributed by atoms with E-state index >= 15 is 0 Å². The molecule has 1 saturated carbocycles. The number of imide groups is 1. The fourth-order valence-corrected chi connectivity index (χ4v) is 3.52. The standard InChI is InChI=1S/C17H20N2O4/c1-18-14(20)10-19(11-15(18)21)13-6-4-5-12(9-13)17(16(22)23)7-2-3-8-17/h4-6,9H,2-3,7-8,10-11H2,1H3,(H,22,23). The van der Waals surface area contributed by atoms with Gasteiger partial charge in [-0.2, -0.15) is 0 Å². The van der Waals surface area contributed by atoms with Gasteiger partial charge in [-0.05, 0) is 30.5 Å². The lowest BCUT2D eigenvalue weighted by Gasteiger charge is -2.33. The number of anilines is 1. The van der Waals surface area contributed by atoms with Gasteiger partial charge in [-0.25, -0.2) is 0 Å². The summed E-state index contributed by atoms with van der Waals surface area (Å²) in [7, 11) is 1.48. The monoisotopic (exact) mass is 316 g/mol. The van der Waals surface area contributed by atoms with E-state index in [-0.39, 0.29) is 24.9 Å². The molecule has 0 bridgehead atoms. The van der Waals surface area contributed by atoms with E-state index in [0.29, 0.717) is 12.8 Å². The number of benzene rings is 1. The molecule has 1 aromatic rings. The minimum atomic E-state index is -0.837. The molecule has 1 saturated heterocycles. The molecule has 1 aliphatic heterocycles. The molecule has 2 fully saturated rings. The molecule has 1 N–H and O–H groups in total. The number of likely N-dealkylation sites (N-methyl/N-ethyl adjacent to an activating group) is 1. The number of carboxylic acids is 1. The zero-order valence-corrected chi connectivity index (χ0v) is 13.1. The van der Waals surface area contributed by atoms with Gasteiger partial charge >= 0.3 is 5.97 Å². The van der Waals surface area contributed by atoms with Crippen LogP contribution in [0.2, 0.25) is 0 Å². The van der Waals surface area contributed by atoms with E-state index in [1.165, 1.54) is 7.05 Å². The van der Waals surface area contributed by atoms with Crippen molar-refractivity contribution in [1.29, 1.82) is 0 Å². The van der Waals surface area contributed by atoms with Crippen LogP contribution in [0.15, 0.2) is 24.3 Å². The molecule has 3 rings (SSSR count). The molecule has 0 aromatic heterocycles. The molecule has 23 heavy (non-hydrogen) atoms. The second kappa shape index (κ2) is 5.68. The van der Waals surface area contributed by atoms with Crippen LogP contribution in [0.25, 0.3) is 0 Å². The lowest BCUT2D eigenvalue weighted by molar-refractivity contribution is -0.144. The highest BCUT2D eigenvalue weighted by Gasteiger charge is 2.43. The summed E-state index contributed by atoms with van der Waals surface area (Å²) in [4.78, 5) is 38.4. The van der Waals surface area contributed by atoms with Gasteiger partial charge in [0.15, 0.2) is 0 Å². The summed E-state index contributed by atoms with van der Waals surface area (Å²) >= 11 is 0. The normalized spacial score (nSPS) is 20.9. The Morgan fingerprint density at radius 2 is 1.74 bits per heavy atom. The first-order valence-electron chi connectivity index (χ1n) is 7.82. The Balaban J connectivity index is 1.93. The number of nitrogens with zero attached hydrogens (tertiary/aromatic N) is 2. The highest BCUT2D eigenvalue weighted by atomic mass is 16.4. The first-order chi connectivity index (χ1) is 10.9. The number of amides is 2. The van der Waals surface area contributed by atoms with Gasteiger partial charge in [0.2, 0.25) is 11.8 Å². The number of hydrogen-bond donors (Lipinski definition) is 1. The van der Waals surface area contributed by atoms with Gasteiger partial charge in [0, 0.05) is 12.7 Å². The molecule has 6 nitrogen and oxygen atoms in total. The summed E-state index contributed by atoms with van der Waals surface area (Å²) in [6.07, 6.45) is 3.07. The topological polar surface area (TPSA) is 77.9 Å². The van der Waals surface area contributed by atoms with Crippen LogP contribution in [0.5, 0.6) is 0 Å². The van der Waals surface area contributed by atoms with Gasteiger partial charge in [0.25, 0.3) is 0 Å². The second-order valence-corrected chi connectivity index (χ2v) is 6.35. The van der Waals surface area contributed by atoms with Crippen LogP contribution in [0, 0.1) is 0 Å². The van der Waals surface area contributed by atoms with Crippen LogP contribution in [0.4, 0.5) is 5.69 Å². The second-order valence-electron chi connectivity index (χ2n) is 6.35. The number of carbonyl (C=O) groups excluding carboxylic acids is 2. The molecule has 1 heterocycles. The zero-order valence-electron chi connectivity index (χ0n) is 13.1. The van der Waals surface area contributed by atoms with E-state index < -0.39 is 11.4 Å². The Labute approximate surface area is 134 Å². The van der Waals surface area contributed by atoms with E-state index in [4.69, 9.17) is 0 Å².